The largest absolute Gasteiger partial charge is 0.472 e. The van der Waals surface area contributed by atoms with E-state index in [0.29, 0.717) is 25.7 Å². The number of unbranched alkanes of at least 4 members (excludes halogenated alkanes) is 44. The van der Waals surface area contributed by atoms with Crippen LogP contribution in [0.4, 0.5) is 0 Å². The van der Waals surface area contributed by atoms with Crippen LogP contribution in [-0.2, 0) is 65.4 Å². The molecule has 0 radical (unpaired) electrons. The van der Waals surface area contributed by atoms with E-state index in [4.69, 9.17) is 37.0 Å². The summed E-state index contributed by atoms with van der Waals surface area (Å²) in [5, 5.41) is 10.6. The van der Waals surface area contributed by atoms with Crippen LogP contribution >= 0.6 is 15.6 Å². The van der Waals surface area contributed by atoms with Gasteiger partial charge in [-0.05, 0) is 31.6 Å². The van der Waals surface area contributed by atoms with E-state index in [1.807, 2.05) is 0 Å². The molecule has 0 fully saturated rings. The minimum atomic E-state index is -4.95. The van der Waals surface area contributed by atoms with Gasteiger partial charge < -0.3 is 33.8 Å². The molecule has 17 nitrogen and oxygen atoms in total. The summed E-state index contributed by atoms with van der Waals surface area (Å²) in [5.74, 6) is -1.34. The van der Waals surface area contributed by atoms with Crippen molar-refractivity contribution in [1.82, 2.24) is 0 Å². The SMILES string of the molecule is CCCCCCCCCCCCCCCCCC(=O)OC[C@H](COP(=O)(O)OC[C@@H](O)COP(=O)(O)OC[C@@H](COC(=O)CCCCCCC)OC(=O)CCCCCCCCCCCCCCCCC)OC(=O)CCCCCCCCCCCCCCCC(C)C. The van der Waals surface area contributed by atoms with Crippen molar-refractivity contribution >= 4 is 39.5 Å². The number of esters is 4. The first kappa shape index (κ1) is 89.1. The molecule has 0 aliphatic carbocycles. The number of ether oxygens (including phenoxy) is 4. The predicted molar refractivity (Wildman–Crippen MR) is 368 cm³/mol. The van der Waals surface area contributed by atoms with E-state index in [2.05, 4.69) is 34.6 Å². The van der Waals surface area contributed by atoms with Gasteiger partial charge in [-0.1, -0.05) is 324 Å². The van der Waals surface area contributed by atoms with Crippen LogP contribution in [0.5, 0.6) is 0 Å². The average Bonchev–Trinajstić information content (AvgIpc) is 3.64. The van der Waals surface area contributed by atoms with E-state index >= 15 is 0 Å². The normalized spacial score (nSPS) is 14.0. The number of hydrogen-bond donors (Lipinski definition) is 3. The van der Waals surface area contributed by atoms with Crippen molar-refractivity contribution in [2.45, 2.75) is 393 Å². The number of aliphatic hydroxyl groups is 1. The maximum Gasteiger partial charge on any atom is 0.472 e. The van der Waals surface area contributed by atoms with Gasteiger partial charge in [0.15, 0.2) is 12.2 Å². The standard InChI is InChI=1S/C72H140O17P2/c1-6-9-12-15-17-19-21-23-25-29-33-37-41-46-51-56-70(75)83-62-68(89-72(77)58-53-48-43-39-35-31-27-28-32-36-40-45-49-54-65(4)5)64-87-91(80,81)85-60-66(73)59-84-90(78,79)86-63-67(61-82-69(74)55-50-44-14-11-8-3)88-71(76)57-52-47-42-38-34-30-26-24-22-20-18-16-13-10-7-2/h65-68,73H,6-64H2,1-5H3,(H,78,79)(H,80,81)/t66-,67+,68+/m0/s1. The van der Waals surface area contributed by atoms with Gasteiger partial charge in [0.05, 0.1) is 26.4 Å². The van der Waals surface area contributed by atoms with Gasteiger partial charge in [-0.3, -0.25) is 37.3 Å². The van der Waals surface area contributed by atoms with Gasteiger partial charge in [0.25, 0.3) is 0 Å². The number of phosphoric acid groups is 2. The summed E-state index contributed by atoms with van der Waals surface area (Å²) in [6.45, 7) is 7.20. The molecule has 5 atom stereocenters. The highest BCUT2D eigenvalue weighted by molar-refractivity contribution is 7.47. The zero-order valence-corrected chi connectivity index (χ0v) is 60.8. The Morgan fingerprint density at radius 2 is 0.505 bits per heavy atom. The molecule has 0 aliphatic heterocycles. The van der Waals surface area contributed by atoms with E-state index in [1.54, 1.807) is 0 Å². The molecule has 3 N–H and O–H groups in total. The molecule has 0 heterocycles. The lowest BCUT2D eigenvalue weighted by Crippen LogP contribution is -2.30. The third kappa shape index (κ3) is 66.5. The van der Waals surface area contributed by atoms with Gasteiger partial charge in [-0.2, -0.15) is 0 Å². The van der Waals surface area contributed by atoms with Crippen LogP contribution in [0.3, 0.4) is 0 Å². The molecular formula is C72H140O17P2. The van der Waals surface area contributed by atoms with Crippen molar-refractivity contribution in [1.29, 1.82) is 0 Å². The first-order valence-electron chi connectivity index (χ1n) is 37.6. The third-order valence-corrected chi connectivity index (χ3v) is 18.7. The number of phosphoric ester groups is 2. The van der Waals surface area contributed by atoms with Gasteiger partial charge in [0.2, 0.25) is 0 Å². The molecule has 0 amide bonds. The van der Waals surface area contributed by atoms with Gasteiger partial charge in [0.1, 0.15) is 19.3 Å². The molecule has 0 aliphatic rings. The highest BCUT2D eigenvalue weighted by Gasteiger charge is 2.30. The van der Waals surface area contributed by atoms with Gasteiger partial charge in [-0.25, -0.2) is 9.13 Å². The first-order chi connectivity index (χ1) is 44.0. The number of aliphatic hydroxyl groups excluding tert-OH is 1. The lowest BCUT2D eigenvalue weighted by atomic mass is 10.0. The van der Waals surface area contributed by atoms with E-state index in [-0.39, 0.29) is 25.7 Å². The Balaban J connectivity index is 5.15. The van der Waals surface area contributed by atoms with Crippen molar-refractivity contribution < 1.29 is 80.2 Å². The minimum Gasteiger partial charge on any atom is -0.462 e. The Bertz CT molecular complexity index is 1750. The average molecular weight is 1340 g/mol. The number of hydrogen-bond acceptors (Lipinski definition) is 15. The summed E-state index contributed by atoms with van der Waals surface area (Å²) >= 11 is 0. The Labute approximate surface area is 556 Å². The molecule has 540 valence electrons. The van der Waals surface area contributed by atoms with Crippen molar-refractivity contribution in [3.05, 3.63) is 0 Å². The second kappa shape index (κ2) is 65.4. The van der Waals surface area contributed by atoms with E-state index in [9.17, 15) is 43.2 Å². The minimum absolute atomic E-state index is 0.107. The molecule has 0 aromatic rings. The summed E-state index contributed by atoms with van der Waals surface area (Å²) in [7, 11) is -9.89. The van der Waals surface area contributed by atoms with E-state index in [1.165, 1.54) is 193 Å². The zero-order valence-electron chi connectivity index (χ0n) is 59.0. The second-order valence-electron chi connectivity index (χ2n) is 26.5. The lowest BCUT2D eigenvalue weighted by Gasteiger charge is -2.21. The fraction of sp³-hybridized carbons (Fsp3) is 0.944. The molecule has 0 rings (SSSR count). The Kier molecular flexibility index (Phi) is 64.0. The lowest BCUT2D eigenvalue weighted by molar-refractivity contribution is -0.161. The van der Waals surface area contributed by atoms with Crippen LogP contribution in [-0.4, -0.2) is 96.7 Å². The number of rotatable bonds is 72. The van der Waals surface area contributed by atoms with Gasteiger partial charge >= 0.3 is 39.5 Å². The van der Waals surface area contributed by atoms with Crippen LogP contribution in [0.1, 0.15) is 375 Å². The molecule has 91 heavy (non-hydrogen) atoms. The molecule has 2 unspecified atom stereocenters. The fourth-order valence-electron chi connectivity index (χ4n) is 11.0. The highest BCUT2D eigenvalue weighted by Crippen LogP contribution is 2.45. The topological polar surface area (TPSA) is 237 Å². The molecule has 0 saturated heterocycles. The van der Waals surface area contributed by atoms with Crippen LogP contribution in [0.25, 0.3) is 0 Å². The summed E-state index contributed by atoms with van der Waals surface area (Å²) in [4.78, 5) is 72.4. The van der Waals surface area contributed by atoms with Gasteiger partial charge in [0, 0.05) is 25.7 Å². The Morgan fingerprint density at radius 3 is 0.747 bits per heavy atom. The molecule has 0 aromatic carbocycles. The monoisotopic (exact) mass is 1340 g/mol. The molecule has 0 aromatic heterocycles. The fourth-order valence-corrected chi connectivity index (χ4v) is 12.6. The molecule has 0 bridgehead atoms. The molecular weight excluding hydrogens is 1200 g/mol. The molecule has 0 spiro atoms. The first-order valence-corrected chi connectivity index (χ1v) is 40.6. The van der Waals surface area contributed by atoms with Crippen LogP contribution in [0.2, 0.25) is 0 Å². The summed E-state index contributed by atoms with van der Waals surface area (Å²) in [6.07, 6.45) is 53.0. The van der Waals surface area contributed by atoms with Gasteiger partial charge in [-0.15, -0.1) is 0 Å². The van der Waals surface area contributed by atoms with Crippen LogP contribution < -0.4 is 0 Å². The predicted octanol–water partition coefficient (Wildman–Crippen LogP) is 20.9. The maximum absolute atomic E-state index is 13.0. The van der Waals surface area contributed by atoms with Crippen LogP contribution in [0.15, 0.2) is 0 Å². The maximum atomic E-state index is 13.0. The molecule has 0 saturated carbocycles. The Morgan fingerprint density at radius 1 is 0.297 bits per heavy atom. The molecule has 19 heteroatoms. The summed E-state index contributed by atoms with van der Waals surface area (Å²) in [5.41, 5.74) is 0. The number of carbonyl (C=O) groups is 4. The zero-order chi connectivity index (χ0) is 67.0. The van der Waals surface area contributed by atoms with Crippen molar-refractivity contribution in [2.75, 3.05) is 39.6 Å². The van der Waals surface area contributed by atoms with Crippen LogP contribution in [0, 0.1) is 5.92 Å². The van der Waals surface area contributed by atoms with E-state index < -0.39 is 97.5 Å². The summed E-state index contributed by atoms with van der Waals surface area (Å²) in [6, 6.07) is 0. The van der Waals surface area contributed by atoms with Crippen molar-refractivity contribution in [3.63, 3.8) is 0 Å². The van der Waals surface area contributed by atoms with E-state index in [0.717, 1.165) is 102 Å². The quantitative estimate of drug-likeness (QED) is 0.0222. The Hall–Kier alpha value is -1.94. The highest BCUT2D eigenvalue weighted by atomic mass is 31.2. The summed E-state index contributed by atoms with van der Waals surface area (Å²) < 4.78 is 68.2. The second-order valence-corrected chi connectivity index (χ2v) is 29.4. The third-order valence-electron chi connectivity index (χ3n) is 16.8. The van der Waals surface area contributed by atoms with Crippen molar-refractivity contribution in [3.8, 4) is 0 Å². The number of carbonyl (C=O) groups excluding carboxylic acids is 4. The smallest absolute Gasteiger partial charge is 0.462 e. The van der Waals surface area contributed by atoms with Crippen molar-refractivity contribution in [2.24, 2.45) is 5.92 Å².